The molecule has 0 fully saturated rings. The molecule has 1 heterocycles. The maximum atomic E-state index is 10.9. The molecule has 0 aliphatic carbocycles. The number of carbonyl (C=O) groups is 1. The van der Waals surface area contributed by atoms with Crippen LogP contribution in [0.3, 0.4) is 0 Å². The Kier molecular flexibility index (Phi) is 2.55. The van der Waals surface area contributed by atoms with Gasteiger partial charge >= 0.3 is 82.9 Å². The van der Waals surface area contributed by atoms with Crippen LogP contribution >= 0.6 is 0 Å². The Morgan fingerprint density at radius 1 is 1.54 bits per heavy atom. The molecule has 0 aromatic carbocycles. The summed E-state index contributed by atoms with van der Waals surface area (Å²) in [6, 6.07) is 1.67. The van der Waals surface area contributed by atoms with Crippen molar-refractivity contribution in [1.29, 1.82) is 0 Å². The summed E-state index contributed by atoms with van der Waals surface area (Å²) in [4.78, 5) is 10.9. The Labute approximate surface area is 83.3 Å². The van der Waals surface area contributed by atoms with Crippen molar-refractivity contribution in [2.45, 2.75) is 26.2 Å². The van der Waals surface area contributed by atoms with Gasteiger partial charge in [0, 0.05) is 0 Å². The predicted molar refractivity (Wildman–Crippen MR) is 52.3 cm³/mol. The fraction of sp³-hybridized carbons (Fsp3) is 0.444. The Morgan fingerprint density at radius 3 is 2.31 bits per heavy atom. The van der Waals surface area contributed by atoms with Crippen molar-refractivity contribution >= 4 is 20.4 Å². The summed E-state index contributed by atoms with van der Waals surface area (Å²) < 4.78 is 1.49. The third-order valence-electron chi connectivity index (χ3n) is 1.68. The Bertz CT molecular complexity index is 336. The van der Waals surface area contributed by atoms with Gasteiger partial charge in [0.25, 0.3) is 0 Å². The first kappa shape index (κ1) is 10.4. The van der Waals surface area contributed by atoms with Crippen LogP contribution in [0.4, 0.5) is 0 Å². The van der Waals surface area contributed by atoms with E-state index in [2.05, 4.69) is 20.8 Å². The minimum atomic E-state index is -0.506. The van der Waals surface area contributed by atoms with Gasteiger partial charge in [-0.15, -0.1) is 0 Å². The van der Waals surface area contributed by atoms with E-state index >= 15 is 0 Å². The summed E-state index contributed by atoms with van der Waals surface area (Å²) in [5, 5.41) is 9.41. The van der Waals surface area contributed by atoms with Crippen LogP contribution < -0.4 is 5.73 Å². The van der Waals surface area contributed by atoms with Crippen molar-refractivity contribution in [2.75, 3.05) is 0 Å². The van der Waals surface area contributed by atoms with Gasteiger partial charge < -0.3 is 0 Å². The monoisotopic (exact) mass is 247 g/mol. The number of hydrogen-bond acceptors (Lipinski definition) is 2. The van der Waals surface area contributed by atoms with Crippen molar-refractivity contribution in [3.63, 3.8) is 0 Å². The van der Waals surface area contributed by atoms with Crippen LogP contribution in [0.25, 0.3) is 0 Å². The minimum absolute atomic E-state index is 0.00514. The van der Waals surface area contributed by atoms with E-state index in [-0.39, 0.29) is 25.7 Å². The van der Waals surface area contributed by atoms with E-state index in [0.29, 0.717) is 4.44 Å². The molecular formula is C9H13NO2Se. The van der Waals surface area contributed by atoms with Gasteiger partial charge in [-0.2, -0.15) is 0 Å². The van der Waals surface area contributed by atoms with E-state index in [0.717, 1.165) is 4.44 Å². The zero-order valence-electron chi connectivity index (χ0n) is 7.92. The van der Waals surface area contributed by atoms with Crippen molar-refractivity contribution < 1.29 is 9.90 Å². The molecule has 1 aromatic rings. The normalized spacial score (nSPS) is 11.6. The van der Waals surface area contributed by atoms with Crippen molar-refractivity contribution in [2.24, 2.45) is 5.73 Å². The van der Waals surface area contributed by atoms with Gasteiger partial charge in [-0.05, 0) is 0 Å². The van der Waals surface area contributed by atoms with Crippen molar-refractivity contribution in [1.82, 2.24) is 0 Å². The van der Waals surface area contributed by atoms with Gasteiger partial charge in [-0.1, -0.05) is 0 Å². The molecule has 1 rings (SSSR count). The van der Waals surface area contributed by atoms with Crippen LogP contribution in [-0.2, 0) is 5.41 Å². The average molecular weight is 246 g/mol. The molecule has 13 heavy (non-hydrogen) atoms. The molecule has 0 aliphatic heterocycles. The molecule has 0 bridgehead atoms. The average Bonchev–Trinajstić information content (AvgIpc) is 2.29. The van der Waals surface area contributed by atoms with E-state index in [1.165, 1.54) is 0 Å². The molecule has 0 unspecified atom stereocenters. The standard InChI is InChI=1S/C9H13NO2Se/c1-9(2,3)6-4-5(11)7(13-6)8(10)12/h4,11H,1-3H3,(H2,10,12). The topological polar surface area (TPSA) is 63.3 Å². The summed E-state index contributed by atoms with van der Waals surface area (Å²) in [6.45, 7) is 6.16. The molecule has 1 aromatic heterocycles. The van der Waals surface area contributed by atoms with Crippen LogP contribution in [0.15, 0.2) is 6.07 Å². The number of aromatic hydroxyl groups is 1. The molecule has 0 saturated carbocycles. The molecule has 4 heteroatoms. The van der Waals surface area contributed by atoms with Crippen LogP contribution in [0, 0.1) is 0 Å². The fourth-order valence-corrected chi connectivity index (χ4v) is 2.94. The molecule has 0 radical (unpaired) electrons. The maximum absolute atomic E-state index is 10.9. The zero-order valence-corrected chi connectivity index (χ0v) is 9.63. The molecule has 0 aliphatic rings. The van der Waals surface area contributed by atoms with Crippen LogP contribution in [-0.4, -0.2) is 25.5 Å². The summed E-state index contributed by atoms with van der Waals surface area (Å²) >= 11 is -0.103. The van der Waals surface area contributed by atoms with E-state index in [1.807, 2.05) is 0 Å². The predicted octanol–water partition coefficient (Wildman–Crippen LogP) is 0.846. The molecule has 72 valence electrons. The third kappa shape index (κ3) is 2.14. The second-order valence-corrected chi connectivity index (χ2v) is 6.15. The second-order valence-electron chi connectivity index (χ2n) is 3.94. The number of carbonyl (C=O) groups excluding carboxylic acids is 1. The summed E-state index contributed by atoms with van der Waals surface area (Å²) in [5.41, 5.74) is 5.12. The Balaban J connectivity index is 3.17. The van der Waals surface area contributed by atoms with Crippen LogP contribution in [0.5, 0.6) is 5.75 Å². The van der Waals surface area contributed by atoms with E-state index in [1.54, 1.807) is 6.07 Å². The SMILES string of the molecule is CC(C)(C)c1cc(O)c(C(N)=O)[se]1. The first-order chi connectivity index (χ1) is 5.82. The Morgan fingerprint density at radius 2 is 2.08 bits per heavy atom. The molecule has 3 nitrogen and oxygen atoms in total. The number of primary amides is 1. The second kappa shape index (κ2) is 3.20. The van der Waals surface area contributed by atoms with Gasteiger partial charge in [0.2, 0.25) is 0 Å². The molecular weight excluding hydrogens is 233 g/mol. The van der Waals surface area contributed by atoms with Gasteiger partial charge in [0.15, 0.2) is 0 Å². The molecule has 1 amide bonds. The fourth-order valence-electron chi connectivity index (χ4n) is 0.928. The third-order valence-corrected chi connectivity index (χ3v) is 4.96. The number of hydrogen-bond donors (Lipinski definition) is 2. The summed E-state index contributed by atoms with van der Waals surface area (Å²) in [5.74, 6) is -0.453. The number of nitrogens with two attached hydrogens (primary N) is 1. The van der Waals surface area contributed by atoms with Crippen molar-refractivity contribution in [3.8, 4) is 5.75 Å². The summed E-state index contributed by atoms with van der Waals surface area (Å²) in [6.07, 6.45) is 0. The Hall–Kier alpha value is -0.731. The molecule has 0 atom stereocenters. The zero-order chi connectivity index (χ0) is 10.2. The van der Waals surface area contributed by atoms with Crippen LogP contribution in [0.2, 0.25) is 0 Å². The van der Waals surface area contributed by atoms with Crippen LogP contribution in [0.1, 0.15) is 34.4 Å². The number of rotatable bonds is 1. The van der Waals surface area contributed by atoms with E-state index < -0.39 is 5.91 Å². The molecule has 0 spiro atoms. The molecule has 3 N–H and O–H groups in total. The van der Waals surface area contributed by atoms with E-state index in [4.69, 9.17) is 5.73 Å². The van der Waals surface area contributed by atoms with Gasteiger partial charge in [0.1, 0.15) is 0 Å². The van der Waals surface area contributed by atoms with E-state index in [9.17, 15) is 9.90 Å². The summed E-state index contributed by atoms with van der Waals surface area (Å²) in [7, 11) is 0. The number of amides is 1. The van der Waals surface area contributed by atoms with Crippen molar-refractivity contribution in [3.05, 3.63) is 14.9 Å². The first-order valence-corrected chi connectivity index (χ1v) is 5.67. The van der Waals surface area contributed by atoms with Gasteiger partial charge in [-0.25, -0.2) is 0 Å². The first-order valence-electron chi connectivity index (χ1n) is 3.95. The molecule has 0 saturated heterocycles. The quantitative estimate of drug-likeness (QED) is 0.721. The van der Waals surface area contributed by atoms with Gasteiger partial charge in [0.05, 0.1) is 0 Å². The van der Waals surface area contributed by atoms with Gasteiger partial charge in [-0.3, -0.25) is 0 Å².